The molecule has 0 bridgehead atoms. The van der Waals surface area contributed by atoms with Crippen LogP contribution >= 0.6 is 11.8 Å². The molecule has 0 aromatic rings. The van der Waals surface area contributed by atoms with Crippen molar-refractivity contribution in [2.75, 3.05) is 31.3 Å². The minimum absolute atomic E-state index is 0.0433. The van der Waals surface area contributed by atoms with E-state index in [9.17, 15) is 9.59 Å². The molecule has 17 heavy (non-hydrogen) atoms. The fourth-order valence-corrected chi connectivity index (χ4v) is 1.53. The quantitative estimate of drug-likeness (QED) is 0.575. The minimum Gasteiger partial charge on any atom is -0.481 e. The van der Waals surface area contributed by atoms with Crippen LogP contribution in [-0.2, 0) is 14.3 Å². The number of aliphatic carboxylic acids is 1. The second kappa shape index (κ2) is 10.4. The first kappa shape index (κ1) is 16.2. The van der Waals surface area contributed by atoms with Crippen LogP contribution < -0.4 is 5.32 Å². The SMILES string of the molecule is CC(C)CCOCCNC(=O)CSCC(=O)O. The van der Waals surface area contributed by atoms with Gasteiger partial charge < -0.3 is 15.2 Å². The third-order valence-electron chi connectivity index (χ3n) is 1.87. The van der Waals surface area contributed by atoms with E-state index in [4.69, 9.17) is 9.84 Å². The van der Waals surface area contributed by atoms with Crippen LogP contribution in [0.2, 0.25) is 0 Å². The van der Waals surface area contributed by atoms with Crippen molar-refractivity contribution in [2.45, 2.75) is 20.3 Å². The molecule has 5 nitrogen and oxygen atoms in total. The summed E-state index contributed by atoms with van der Waals surface area (Å²) in [5, 5.41) is 11.0. The Morgan fingerprint density at radius 2 is 2.00 bits per heavy atom. The molecule has 100 valence electrons. The smallest absolute Gasteiger partial charge is 0.313 e. The average molecular weight is 263 g/mol. The highest BCUT2D eigenvalue weighted by atomic mass is 32.2. The Hall–Kier alpha value is -0.750. The molecule has 6 heteroatoms. The van der Waals surface area contributed by atoms with Crippen molar-refractivity contribution in [3.63, 3.8) is 0 Å². The predicted octanol–water partition coefficient (Wildman–Crippen LogP) is 0.983. The van der Waals surface area contributed by atoms with Crippen LogP contribution in [0.4, 0.5) is 0 Å². The molecule has 0 aromatic heterocycles. The summed E-state index contributed by atoms with van der Waals surface area (Å²) in [6, 6.07) is 0. The molecule has 0 aliphatic carbocycles. The summed E-state index contributed by atoms with van der Waals surface area (Å²) in [5.41, 5.74) is 0. The van der Waals surface area contributed by atoms with Crippen molar-refractivity contribution in [3.8, 4) is 0 Å². The number of nitrogens with one attached hydrogen (secondary N) is 1. The molecule has 0 rings (SSSR count). The van der Waals surface area contributed by atoms with E-state index in [2.05, 4.69) is 19.2 Å². The molecule has 0 aliphatic heterocycles. The van der Waals surface area contributed by atoms with Crippen molar-refractivity contribution in [1.29, 1.82) is 0 Å². The summed E-state index contributed by atoms with van der Waals surface area (Å²) in [5.74, 6) is -0.295. The van der Waals surface area contributed by atoms with Gasteiger partial charge in [0.1, 0.15) is 0 Å². The molecule has 0 saturated carbocycles. The summed E-state index contributed by atoms with van der Waals surface area (Å²) in [6.07, 6.45) is 1.02. The molecule has 0 aliphatic rings. The van der Waals surface area contributed by atoms with E-state index < -0.39 is 5.97 Å². The van der Waals surface area contributed by atoms with Gasteiger partial charge in [-0.1, -0.05) is 13.8 Å². The summed E-state index contributed by atoms with van der Waals surface area (Å²) in [4.78, 5) is 21.4. The van der Waals surface area contributed by atoms with Crippen molar-refractivity contribution in [3.05, 3.63) is 0 Å². The van der Waals surface area contributed by atoms with Crippen LogP contribution in [0.1, 0.15) is 20.3 Å². The van der Waals surface area contributed by atoms with E-state index in [1.54, 1.807) is 0 Å². The normalized spacial score (nSPS) is 10.5. The first-order chi connectivity index (χ1) is 8.02. The highest BCUT2D eigenvalue weighted by Gasteiger charge is 2.03. The maximum Gasteiger partial charge on any atom is 0.313 e. The zero-order valence-corrected chi connectivity index (χ0v) is 11.2. The Labute approximate surface area is 106 Å². The molecule has 0 aromatic carbocycles. The summed E-state index contributed by atoms with van der Waals surface area (Å²) in [7, 11) is 0. The van der Waals surface area contributed by atoms with Crippen molar-refractivity contribution >= 4 is 23.6 Å². The number of carbonyl (C=O) groups excluding carboxylic acids is 1. The molecule has 2 N–H and O–H groups in total. The maximum atomic E-state index is 11.2. The molecular weight excluding hydrogens is 242 g/mol. The lowest BCUT2D eigenvalue weighted by atomic mass is 10.1. The molecule has 0 atom stereocenters. The highest BCUT2D eigenvalue weighted by molar-refractivity contribution is 8.00. The first-order valence-corrected chi connectivity index (χ1v) is 6.81. The van der Waals surface area contributed by atoms with Gasteiger partial charge in [-0.05, 0) is 12.3 Å². The van der Waals surface area contributed by atoms with Gasteiger partial charge in [-0.25, -0.2) is 0 Å². The van der Waals surface area contributed by atoms with Gasteiger partial charge in [-0.15, -0.1) is 11.8 Å². The standard InChI is InChI=1S/C11H21NO4S/c1-9(2)3-5-16-6-4-12-10(13)7-17-8-11(14)15/h9H,3-8H2,1-2H3,(H,12,13)(H,14,15). The monoisotopic (exact) mass is 263 g/mol. The van der Waals surface area contributed by atoms with Crippen molar-refractivity contribution in [1.82, 2.24) is 5.32 Å². The Morgan fingerprint density at radius 3 is 2.59 bits per heavy atom. The number of rotatable bonds is 10. The van der Waals surface area contributed by atoms with Gasteiger partial charge in [0.05, 0.1) is 18.1 Å². The second-order valence-corrected chi connectivity index (χ2v) is 5.02. The molecule has 1 amide bonds. The minimum atomic E-state index is -0.903. The lowest BCUT2D eigenvalue weighted by Gasteiger charge is -2.07. The Bertz CT molecular complexity index is 234. The van der Waals surface area contributed by atoms with E-state index in [1.807, 2.05) is 0 Å². The van der Waals surface area contributed by atoms with Gasteiger partial charge >= 0.3 is 5.97 Å². The Morgan fingerprint density at radius 1 is 1.29 bits per heavy atom. The van der Waals surface area contributed by atoms with Crippen LogP contribution in [0.15, 0.2) is 0 Å². The fraction of sp³-hybridized carbons (Fsp3) is 0.818. The van der Waals surface area contributed by atoms with Gasteiger partial charge in [0.2, 0.25) is 5.91 Å². The van der Waals surface area contributed by atoms with Crippen LogP contribution in [0.25, 0.3) is 0 Å². The number of thioether (sulfide) groups is 1. The summed E-state index contributed by atoms with van der Waals surface area (Å²) in [6.45, 7) is 5.95. The third-order valence-corrected chi connectivity index (χ3v) is 2.78. The average Bonchev–Trinajstić information content (AvgIpc) is 2.22. The molecule has 0 saturated heterocycles. The van der Waals surface area contributed by atoms with Crippen molar-refractivity contribution in [2.24, 2.45) is 5.92 Å². The molecule has 0 heterocycles. The van der Waals surface area contributed by atoms with E-state index in [0.29, 0.717) is 25.7 Å². The number of carbonyl (C=O) groups is 2. The summed E-state index contributed by atoms with van der Waals surface area (Å²) >= 11 is 1.09. The lowest BCUT2D eigenvalue weighted by molar-refractivity contribution is -0.133. The van der Waals surface area contributed by atoms with Gasteiger partial charge in [-0.2, -0.15) is 0 Å². The third kappa shape index (κ3) is 13.2. The molecular formula is C11H21NO4S. The number of hydrogen-bond donors (Lipinski definition) is 2. The largest absolute Gasteiger partial charge is 0.481 e. The number of carboxylic acids is 1. The van der Waals surface area contributed by atoms with Gasteiger partial charge in [-0.3, -0.25) is 9.59 Å². The first-order valence-electron chi connectivity index (χ1n) is 5.66. The van der Waals surface area contributed by atoms with Crippen LogP contribution in [0, 0.1) is 5.92 Å². The van der Waals surface area contributed by atoms with E-state index in [-0.39, 0.29) is 17.4 Å². The Kier molecular flexibility index (Phi) is 9.95. The molecule has 0 radical (unpaired) electrons. The second-order valence-electron chi connectivity index (χ2n) is 4.03. The zero-order valence-electron chi connectivity index (χ0n) is 10.4. The van der Waals surface area contributed by atoms with Gasteiger partial charge in [0, 0.05) is 13.2 Å². The zero-order chi connectivity index (χ0) is 13.1. The number of amides is 1. The molecule has 0 spiro atoms. The number of carboxylic acid groups (broad SMARTS) is 1. The topological polar surface area (TPSA) is 75.6 Å². The van der Waals surface area contributed by atoms with Gasteiger partial charge in [0.25, 0.3) is 0 Å². The fourth-order valence-electron chi connectivity index (χ4n) is 0.966. The number of ether oxygens (including phenoxy) is 1. The van der Waals surface area contributed by atoms with Gasteiger partial charge in [0.15, 0.2) is 0 Å². The molecule has 0 fully saturated rings. The van der Waals surface area contributed by atoms with E-state index >= 15 is 0 Å². The Balaban J connectivity index is 3.25. The maximum absolute atomic E-state index is 11.2. The van der Waals surface area contributed by atoms with Crippen LogP contribution in [-0.4, -0.2) is 48.2 Å². The van der Waals surface area contributed by atoms with Crippen LogP contribution in [0.5, 0.6) is 0 Å². The molecule has 0 unspecified atom stereocenters. The van der Waals surface area contributed by atoms with E-state index in [1.165, 1.54) is 0 Å². The highest BCUT2D eigenvalue weighted by Crippen LogP contribution is 1.99. The predicted molar refractivity (Wildman–Crippen MR) is 68.2 cm³/mol. The van der Waals surface area contributed by atoms with Crippen molar-refractivity contribution < 1.29 is 19.4 Å². The summed E-state index contributed by atoms with van der Waals surface area (Å²) < 4.78 is 5.32. The number of hydrogen-bond acceptors (Lipinski definition) is 4. The van der Waals surface area contributed by atoms with Crippen LogP contribution in [0.3, 0.4) is 0 Å². The van der Waals surface area contributed by atoms with E-state index in [0.717, 1.165) is 18.2 Å². The lowest BCUT2D eigenvalue weighted by Crippen LogP contribution is -2.29.